The molecule has 0 bridgehead atoms. The molecule has 1 aliphatic rings. The van der Waals surface area contributed by atoms with Gasteiger partial charge in [0.2, 0.25) is 0 Å². The van der Waals surface area contributed by atoms with Gasteiger partial charge in [-0.25, -0.2) is 0 Å². The molecule has 1 aromatic carbocycles. The third kappa shape index (κ3) is 5.37. The van der Waals surface area contributed by atoms with Crippen molar-refractivity contribution in [1.29, 1.82) is 0 Å². The molecule has 0 amide bonds. The van der Waals surface area contributed by atoms with Crippen LogP contribution in [0.1, 0.15) is 44.1 Å². The van der Waals surface area contributed by atoms with E-state index in [1.807, 2.05) is 0 Å². The number of hydrogen-bond donors (Lipinski definition) is 0. The van der Waals surface area contributed by atoms with Crippen LogP contribution >= 0.6 is 0 Å². The van der Waals surface area contributed by atoms with Gasteiger partial charge in [0.15, 0.2) is 0 Å². The molecule has 1 aliphatic carbocycles. The predicted molar refractivity (Wildman–Crippen MR) is 72.0 cm³/mol. The zero-order valence-electron chi connectivity index (χ0n) is 12.2. The van der Waals surface area contributed by atoms with Crippen LogP contribution in [0, 0.1) is 6.92 Å². The minimum Gasteiger partial charge on any atom is -0.490 e. The second kappa shape index (κ2) is 8.22. The van der Waals surface area contributed by atoms with Crippen molar-refractivity contribution < 1.29 is 69.1 Å². The first kappa shape index (κ1) is 18.6. The Balaban J connectivity index is 0.00000200. The van der Waals surface area contributed by atoms with Crippen LogP contribution in [0.25, 0.3) is 0 Å². The molecule has 1 aromatic rings. The van der Waals surface area contributed by atoms with Gasteiger partial charge < -0.3 is 17.7 Å². The molecule has 0 saturated heterocycles. The average molecular weight is 310 g/mol. The smallest absolute Gasteiger partial charge is 0.490 e. The molecular formula is C14H19BF3KO. The molecule has 0 aromatic heterocycles. The van der Waals surface area contributed by atoms with Crippen LogP contribution in [0.5, 0.6) is 5.75 Å². The summed E-state index contributed by atoms with van der Waals surface area (Å²) in [5.41, 5.74) is -0.271. The van der Waals surface area contributed by atoms with Crippen LogP contribution in [-0.2, 0) is 0 Å². The fraction of sp³-hybridized carbons (Fsp3) is 0.571. The SMILES string of the molecule is Cc1cc(OC2CCCCCC2)ccc1[B-](F)(F)F.[K+]. The van der Waals surface area contributed by atoms with Gasteiger partial charge in [-0.05, 0) is 44.7 Å². The molecule has 0 spiro atoms. The van der Waals surface area contributed by atoms with Gasteiger partial charge in [-0.1, -0.05) is 24.5 Å². The molecule has 1 saturated carbocycles. The van der Waals surface area contributed by atoms with Crippen molar-refractivity contribution in [2.45, 2.75) is 51.6 Å². The zero-order chi connectivity index (χ0) is 13.9. The second-order valence-electron chi connectivity index (χ2n) is 5.32. The molecular weight excluding hydrogens is 291 g/mol. The molecule has 6 heteroatoms. The summed E-state index contributed by atoms with van der Waals surface area (Å²) in [4.78, 5) is 0. The van der Waals surface area contributed by atoms with E-state index in [9.17, 15) is 12.9 Å². The van der Waals surface area contributed by atoms with Crippen molar-refractivity contribution in [3.63, 3.8) is 0 Å². The van der Waals surface area contributed by atoms with E-state index in [0.29, 0.717) is 5.75 Å². The fourth-order valence-electron chi connectivity index (χ4n) is 2.64. The van der Waals surface area contributed by atoms with E-state index in [2.05, 4.69) is 0 Å². The summed E-state index contributed by atoms with van der Waals surface area (Å²) in [6.45, 7) is -3.44. The maximum absolute atomic E-state index is 12.7. The van der Waals surface area contributed by atoms with Gasteiger partial charge in [-0.15, -0.1) is 5.46 Å². The Labute approximate surface area is 161 Å². The largest absolute Gasteiger partial charge is 1.00 e. The van der Waals surface area contributed by atoms with Crippen molar-refractivity contribution in [3.8, 4) is 5.75 Å². The normalized spacial score (nSPS) is 17.2. The minimum absolute atomic E-state index is 0. The molecule has 0 aliphatic heterocycles. The Morgan fingerprint density at radius 1 is 1.05 bits per heavy atom. The Morgan fingerprint density at radius 3 is 2.15 bits per heavy atom. The first-order valence-corrected chi connectivity index (χ1v) is 6.94. The van der Waals surface area contributed by atoms with Crippen molar-refractivity contribution in [2.24, 2.45) is 0 Å². The maximum atomic E-state index is 12.7. The van der Waals surface area contributed by atoms with Crippen LogP contribution in [0.3, 0.4) is 0 Å². The molecule has 1 nitrogen and oxygen atoms in total. The van der Waals surface area contributed by atoms with Gasteiger partial charge in [-0.2, -0.15) is 0 Å². The summed E-state index contributed by atoms with van der Waals surface area (Å²) in [5, 5.41) is 0. The second-order valence-corrected chi connectivity index (χ2v) is 5.32. The standard InChI is InChI=1S/C14H19BF3O.K/c1-11-10-13(8-9-14(11)15(16,17)18)19-12-6-4-2-3-5-7-12;/h8-10,12H,2-7H2,1H3;/q-1;+1. The monoisotopic (exact) mass is 310 g/mol. The number of rotatable bonds is 3. The number of halogens is 3. The van der Waals surface area contributed by atoms with E-state index in [1.54, 1.807) is 0 Å². The van der Waals surface area contributed by atoms with Gasteiger partial charge in [0.25, 0.3) is 0 Å². The van der Waals surface area contributed by atoms with E-state index >= 15 is 0 Å². The third-order valence-corrected chi connectivity index (χ3v) is 3.70. The summed E-state index contributed by atoms with van der Waals surface area (Å²) in [6.07, 6.45) is 6.92. The molecule has 1 fully saturated rings. The third-order valence-electron chi connectivity index (χ3n) is 3.70. The van der Waals surface area contributed by atoms with E-state index in [4.69, 9.17) is 4.74 Å². The quantitative estimate of drug-likeness (QED) is 0.601. The fourth-order valence-corrected chi connectivity index (χ4v) is 2.64. The first-order valence-electron chi connectivity index (χ1n) is 6.94. The summed E-state index contributed by atoms with van der Waals surface area (Å²) < 4.78 is 44.0. The molecule has 0 radical (unpaired) electrons. The predicted octanol–water partition coefficient (Wildman–Crippen LogP) is 1.16. The summed E-state index contributed by atoms with van der Waals surface area (Å²) in [7, 11) is 0. The Morgan fingerprint density at radius 2 is 1.65 bits per heavy atom. The Bertz CT molecular complexity index is 429. The molecule has 106 valence electrons. The number of aryl methyl sites for hydroxylation is 1. The van der Waals surface area contributed by atoms with E-state index in [0.717, 1.165) is 31.7 Å². The maximum Gasteiger partial charge on any atom is 1.00 e. The van der Waals surface area contributed by atoms with Crippen molar-refractivity contribution in [2.75, 3.05) is 0 Å². The molecule has 0 heterocycles. The van der Waals surface area contributed by atoms with Gasteiger partial charge in [-0.3, -0.25) is 0 Å². The van der Waals surface area contributed by atoms with Crippen LogP contribution in [0.15, 0.2) is 18.2 Å². The van der Waals surface area contributed by atoms with Crippen LogP contribution in [-0.4, -0.2) is 13.1 Å². The number of hydrogen-bond acceptors (Lipinski definition) is 1. The van der Waals surface area contributed by atoms with Crippen LogP contribution in [0.4, 0.5) is 12.9 Å². The van der Waals surface area contributed by atoms with E-state index < -0.39 is 12.4 Å². The van der Waals surface area contributed by atoms with Crippen molar-refractivity contribution in [1.82, 2.24) is 0 Å². The van der Waals surface area contributed by atoms with Gasteiger partial charge in [0.1, 0.15) is 5.75 Å². The van der Waals surface area contributed by atoms with Gasteiger partial charge >= 0.3 is 58.4 Å². The molecule has 20 heavy (non-hydrogen) atoms. The van der Waals surface area contributed by atoms with Gasteiger partial charge in [0.05, 0.1) is 6.10 Å². The molecule has 0 atom stereocenters. The topological polar surface area (TPSA) is 9.23 Å². The van der Waals surface area contributed by atoms with Crippen LogP contribution < -0.4 is 61.6 Å². The van der Waals surface area contributed by atoms with E-state index in [1.165, 1.54) is 31.9 Å². The Hall–Kier alpha value is 0.511. The summed E-state index contributed by atoms with van der Waals surface area (Å²) in [5.74, 6) is 0.563. The zero-order valence-corrected chi connectivity index (χ0v) is 15.3. The van der Waals surface area contributed by atoms with Crippen molar-refractivity contribution in [3.05, 3.63) is 23.8 Å². The van der Waals surface area contributed by atoms with Crippen LogP contribution in [0.2, 0.25) is 0 Å². The minimum atomic E-state index is -4.93. The molecule has 0 N–H and O–H groups in total. The average Bonchev–Trinajstić information content (AvgIpc) is 2.56. The van der Waals surface area contributed by atoms with Gasteiger partial charge in [0, 0.05) is 0 Å². The summed E-state index contributed by atoms with van der Waals surface area (Å²) in [6, 6.07) is 4.10. The van der Waals surface area contributed by atoms with E-state index in [-0.39, 0.29) is 63.1 Å². The van der Waals surface area contributed by atoms with Crippen molar-refractivity contribution >= 4 is 12.4 Å². The number of benzene rings is 1. The molecule has 2 rings (SSSR count). The summed E-state index contributed by atoms with van der Waals surface area (Å²) >= 11 is 0. The Kier molecular flexibility index (Phi) is 7.63. The first-order chi connectivity index (χ1) is 8.97. The number of ether oxygens (including phenoxy) is 1. The molecule has 0 unspecified atom stereocenters.